The van der Waals surface area contributed by atoms with Gasteiger partial charge in [0.1, 0.15) is 0 Å². The lowest BCUT2D eigenvalue weighted by Gasteiger charge is -2.12. The Labute approximate surface area is 97.8 Å². The number of carbonyl (C=O) groups excluding carboxylic acids is 1. The molecule has 0 aliphatic carbocycles. The summed E-state index contributed by atoms with van der Waals surface area (Å²) in [5, 5.41) is 22.2. The Hall–Kier alpha value is -0.950. The fourth-order valence-corrected chi connectivity index (χ4v) is 2.61. The summed E-state index contributed by atoms with van der Waals surface area (Å²) in [4.78, 5) is 21.4. The number of carbonyl (C=O) groups is 2. The molecule has 0 radical (unpaired) electrons. The maximum absolute atomic E-state index is 11.2. The number of amides is 2. The summed E-state index contributed by atoms with van der Waals surface area (Å²) in [6, 6.07) is -0.433. The second kappa shape index (κ2) is 6.59. The third kappa shape index (κ3) is 4.71. The number of aliphatic hydroxyl groups is 1. The summed E-state index contributed by atoms with van der Waals surface area (Å²) in [5.41, 5.74) is 0. The van der Waals surface area contributed by atoms with Crippen molar-refractivity contribution in [3.8, 4) is 0 Å². The first kappa shape index (κ1) is 13.1. The van der Waals surface area contributed by atoms with Gasteiger partial charge in [0.05, 0.1) is 6.54 Å². The van der Waals surface area contributed by atoms with Crippen molar-refractivity contribution in [3.05, 3.63) is 0 Å². The van der Waals surface area contributed by atoms with E-state index >= 15 is 0 Å². The average molecular weight is 248 g/mol. The highest BCUT2D eigenvalue weighted by molar-refractivity contribution is 7.99. The molecule has 1 rings (SSSR count). The minimum Gasteiger partial charge on any atom is -0.479 e. The summed E-state index contributed by atoms with van der Waals surface area (Å²) >= 11 is 1.87. The molecule has 92 valence electrons. The van der Waals surface area contributed by atoms with Crippen LogP contribution in [0.3, 0.4) is 0 Å². The van der Waals surface area contributed by atoms with Crippen LogP contribution in [0.4, 0.5) is 4.79 Å². The quantitative estimate of drug-likeness (QED) is 0.525. The molecule has 1 aliphatic heterocycles. The summed E-state index contributed by atoms with van der Waals surface area (Å²) in [6.07, 6.45) is -0.448. The second-order valence-corrected chi connectivity index (χ2v) is 4.82. The molecule has 1 aliphatic rings. The number of hydrogen-bond donors (Lipinski definition) is 4. The second-order valence-electron chi connectivity index (χ2n) is 3.67. The number of carboxylic acid groups (broad SMARTS) is 1. The van der Waals surface area contributed by atoms with Gasteiger partial charge in [0.15, 0.2) is 6.10 Å². The summed E-state index contributed by atoms with van der Waals surface area (Å²) < 4.78 is 0. The van der Waals surface area contributed by atoms with Crippen molar-refractivity contribution in [3.63, 3.8) is 0 Å². The summed E-state index contributed by atoms with van der Waals surface area (Å²) in [7, 11) is 0. The largest absolute Gasteiger partial charge is 0.479 e. The number of rotatable bonds is 5. The highest BCUT2D eigenvalue weighted by Gasteiger charge is 2.17. The molecule has 0 spiro atoms. The fraction of sp³-hybridized carbons (Fsp3) is 0.778. The van der Waals surface area contributed by atoms with E-state index in [-0.39, 0.29) is 6.54 Å². The van der Waals surface area contributed by atoms with Gasteiger partial charge in [-0.15, -0.1) is 0 Å². The van der Waals surface area contributed by atoms with Crippen LogP contribution >= 0.6 is 11.8 Å². The number of aliphatic carboxylic acids is 1. The van der Waals surface area contributed by atoms with Crippen LogP contribution in [-0.2, 0) is 4.79 Å². The minimum absolute atomic E-state index is 0.277. The third-order valence-electron chi connectivity index (χ3n) is 2.32. The molecule has 1 unspecified atom stereocenters. The molecular weight excluding hydrogens is 232 g/mol. The van der Waals surface area contributed by atoms with E-state index in [1.54, 1.807) is 0 Å². The Bertz CT molecular complexity index is 256. The first-order chi connectivity index (χ1) is 7.59. The lowest BCUT2D eigenvalue weighted by molar-refractivity contribution is -0.146. The Morgan fingerprint density at radius 3 is 2.75 bits per heavy atom. The molecule has 0 aromatic heterocycles. The van der Waals surface area contributed by atoms with Crippen molar-refractivity contribution in [2.75, 3.05) is 24.6 Å². The van der Waals surface area contributed by atoms with Crippen molar-refractivity contribution in [2.45, 2.75) is 12.5 Å². The first-order valence-corrected chi connectivity index (χ1v) is 6.25. The molecule has 1 heterocycles. The van der Waals surface area contributed by atoms with E-state index in [0.717, 1.165) is 17.9 Å². The third-order valence-corrected chi connectivity index (χ3v) is 3.55. The van der Waals surface area contributed by atoms with Gasteiger partial charge >= 0.3 is 12.0 Å². The molecule has 6 nitrogen and oxygen atoms in total. The molecule has 7 heteroatoms. The van der Waals surface area contributed by atoms with Crippen LogP contribution in [0.5, 0.6) is 0 Å². The van der Waals surface area contributed by atoms with Gasteiger partial charge in [-0.3, -0.25) is 0 Å². The van der Waals surface area contributed by atoms with Gasteiger partial charge in [0, 0.05) is 6.54 Å². The molecule has 1 saturated heterocycles. The number of aliphatic hydroxyl groups excluding tert-OH is 1. The minimum atomic E-state index is -1.55. The zero-order valence-electron chi connectivity index (χ0n) is 8.81. The number of urea groups is 1. The van der Waals surface area contributed by atoms with E-state index in [0.29, 0.717) is 12.5 Å². The van der Waals surface area contributed by atoms with E-state index < -0.39 is 18.1 Å². The molecule has 0 aromatic rings. The maximum Gasteiger partial charge on any atom is 0.334 e. The highest BCUT2D eigenvalue weighted by Crippen LogP contribution is 2.22. The Morgan fingerprint density at radius 1 is 1.44 bits per heavy atom. The molecule has 0 saturated carbocycles. The molecule has 2 amide bonds. The van der Waals surface area contributed by atoms with Crippen LogP contribution in [0.2, 0.25) is 0 Å². The average Bonchev–Trinajstić information content (AvgIpc) is 2.75. The molecule has 16 heavy (non-hydrogen) atoms. The van der Waals surface area contributed by atoms with Crippen molar-refractivity contribution in [2.24, 2.45) is 5.92 Å². The highest BCUT2D eigenvalue weighted by atomic mass is 32.2. The van der Waals surface area contributed by atoms with Crippen LogP contribution in [0.1, 0.15) is 6.42 Å². The number of nitrogens with one attached hydrogen (secondary N) is 2. The Balaban J connectivity index is 2.08. The van der Waals surface area contributed by atoms with Gasteiger partial charge in [-0.25, -0.2) is 9.59 Å². The zero-order chi connectivity index (χ0) is 12.0. The number of carboxylic acids is 1. The van der Waals surface area contributed by atoms with Crippen molar-refractivity contribution in [1.29, 1.82) is 0 Å². The van der Waals surface area contributed by atoms with Crippen LogP contribution in [0.25, 0.3) is 0 Å². The predicted molar refractivity (Wildman–Crippen MR) is 60.5 cm³/mol. The van der Waals surface area contributed by atoms with Crippen LogP contribution < -0.4 is 10.6 Å². The van der Waals surface area contributed by atoms with Gasteiger partial charge in [-0.05, 0) is 23.8 Å². The summed E-state index contributed by atoms with van der Waals surface area (Å²) in [6.45, 7) is 0.322. The standard InChI is InChI=1S/C9H16N2O4S/c12-7(8(13)14)4-11-9(15)10-3-6-1-2-16-5-6/h6-7,12H,1-5H2,(H,13,14)(H2,10,11,15)/t6?,7-/m0/s1. The molecule has 0 aromatic carbocycles. The van der Waals surface area contributed by atoms with Crippen molar-refractivity contribution >= 4 is 23.8 Å². The van der Waals surface area contributed by atoms with Gasteiger partial charge in [-0.1, -0.05) is 0 Å². The smallest absolute Gasteiger partial charge is 0.334 e. The molecule has 2 atom stereocenters. The van der Waals surface area contributed by atoms with E-state index in [1.807, 2.05) is 11.8 Å². The number of thioether (sulfide) groups is 1. The van der Waals surface area contributed by atoms with Gasteiger partial charge in [0.25, 0.3) is 0 Å². The first-order valence-electron chi connectivity index (χ1n) is 5.10. The maximum atomic E-state index is 11.2. The lowest BCUT2D eigenvalue weighted by atomic mass is 10.1. The monoisotopic (exact) mass is 248 g/mol. The molecular formula is C9H16N2O4S. The topological polar surface area (TPSA) is 98.7 Å². The lowest BCUT2D eigenvalue weighted by Crippen LogP contribution is -2.43. The van der Waals surface area contributed by atoms with E-state index in [9.17, 15) is 9.59 Å². The van der Waals surface area contributed by atoms with Crippen LogP contribution in [0.15, 0.2) is 0 Å². The Kier molecular flexibility index (Phi) is 5.41. The zero-order valence-corrected chi connectivity index (χ0v) is 9.63. The molecule has 4 N–H and O–H groups in total. The molecule has 1 fully saturated rings. The number of hydrogen-bond acceptors (Lipinski definition) is 4. The normalized spacial score (nSPS) is 21.4. The fourth-order valence-electron chi connectivity index (χ4n) is 1.32. The van der Waals surface area contributed by atoms with Crippen LogP contribution in [0, 0.1) is 5.92 Å². The van der Waals surface area contributed by atoms with Gasteiger partial charge in [0.2, 0.25) is 0 Å². The predicted octanol–water partition coefficient (Wildman–Crippen LogP) is -0.516. The SMILES string of the molecule is O=C(NCC1CCSC1)NC[C@H](O)C(=O)O. The van der Waals surface area contributed by atoms with Crippen LogP contribution in [-0.4, -0.2) is 52.9 Å². The summed E-state index contributed by atoms with van der Waals surface area (Å²) in [5.74, 6) is 1.34. The van der Waals surface area contributed by atoms with E-state index in [1.165, 1.54) is 0 Å². The van der Waals surface area contributed by atoms with E-state index in [2.05, 4.69) is 10.6 Å². The van der Waals surface area contributed by atoms with Gasteiger partial charge < -0.3 is 20.8 Å². The molecule has 0 bridgehead atoms. The van der Waals surface area contributed by atoms with Gasteiger partial charge in [-0.2, -0.15) is 11.8 Å². The van der Waals surface area contributed by atoms with E-state index in [4.69, 9.17) is 10.2 Å². The van der Waals surface area contributed by atoms with Crippen molar-refractivity contribution < 1.29 is 19.8 Å². The van der Waals surface area contributed by atoms with Crippen molar-refractivity contribution in [1.82, 2.24) is 10.6 Å². The Morgan fingerprint density at radius 2 is 2.19 bits per heavy atom.